The maximum Gasteiger partial charge on any atom is 0.337 e. The fraction of sp³-hybridized carbons (Fsp3) is 0.524. The molecular weight excluding hydrogens is 419 g/mol. The summed E-state index contributed by atoms with van der Waals surface area (Å²) in [4.78, 5) is 26.6. The van der Waals surface area contributed by atoms with Crippen molar-refractivity contribution in [2.75, 3.05) is 18.9 Å². The van der Waals surface area contributed by atoms with E-state index < -0.39 is 29.0 Å². The third kappa shape index (κ3) is 4.24. The van der Waals surface area contributed by atoms with Crippen molar-refractivity contribution >= 4 is 23.1 Å². The highest BCUT2D eigenvalue weighted by molar-refractivity contribution is 5.89. The molecule has 3 heterocycles. The van der Waals surface area contributed by atoms with Crippen molar-refractivity contribution in [3.05, 3.63) is 40.4 Å². The van der Waals surface area contributed by atoms with E-state index in [2.05, 4.69) is 15.5 Å². The summed E-state index contributed by atoms with van der Waals surface area (Å²) in [7, 11) is 0. The van der Waals surface area contributed by atoms with Gasteiger partial charge in [0.05, 0.1) is 11.0 Å². The number of nitrogens with two attached hydrogens (primary N) is 1. The number of imidazole rings is 1. The number of nitrogen functional groups attached to an aromatic ring is 1. The van der Waals surface area contributed by atoms with Gasteiger partial charge in [0.2, 0.25) is 5.89 Å². The van der Waals surface area contributed by atoms with Crippen LogP contribution in [-0.2, 0) is 11.3 Å². The molecule has 4 rings (SSSR count). The van der Waals surface area contributed by atoms with Crippen molar-refractivity contribution in [2.45, 2.75) is 46.2 Å². The summed E-state index contributed by atoms with van der Waals surface area (Å²) in [6.07, 6.45) is 1.59. The molecule has 0 aliphatic carbocycles. The molecule has 0 spiro atoms. The number of hydrogen-bond acceptors (Lipinski definition) is 7. The van der Waals surface area contributed by atoms with Gasteiger partial charge in [0, 0.05) is 19.8 Å². The van der Waals surface area contributed by atoms with Gasteiger partial charge in [0.25, 0.3) is 0 Å². The summed E-state index contributed by atoms with van der Waals surface area (Å²) in [5.74, 6) is -0.145. The number of aromatic nitrogens is 4. The second-order valence-corrected chi connectivity index (χ2v) is 9.14. The number of nitrogens with one attached hydrogen (secondary N) is 1. The highest BCUT2D eigenvalue weighted by Gasteiger charge is 2.34. The molecule has 3 N–H and O–H groups in total. The Hall–Kier alpha value is -3.21. The molecule has 10 nitrogen and oxygen atoms in total. The fourth-order valence-corrected chi connectivity index (χ4v) is 3.99. The summed E-state index contributed by atoms with van der Waals surface area (Å²) < 4.78 is 27.3. The lowest BCUT2D eigenvalue weighted by Gasteiger charge is -2.28. The van der Waals surface area contributed by atoms with Crippen LogP contribution in [0.5, 0.6) is 0 Å². The minimum atomic E-state index is -0.707. The Balaban J connectivity index is 1.73. The number of carbonyl (C=O) groups excluding carboxylic acids is 1. The number of nitrogens with zero attached hydrogens (tertiary/aromatic N) is 4. The zero-order valence-electron chi connectivity index (χ0n) is 18.3. The van der Waals surface area contributed by atoms with Gasteiger partial charge in [-0.1, -0.05) is 25.9 Å². The van der Waals surface area contributed by atoms with Crippen LogP contribution in [0, 0.1) is 17.2 Å². The van der Waals surface area contributed by atoms with Crippen LogP contribution in [-0.4, -0.2) is 38.6 Å². The van der Waals surface area contributed by atoms with Gasteiger partial charge in [-0.25, -0.2) is 18.5 Å². The smallest absolute Gasteiger partial charge is 0.337 e. The normalized spacial score (nSPS) is 16.4. The molecular formula is C21H27FN6O4. The molecule has 1 aliphatic heterocycles. The number of fused-ring (bicyclic) bond motifs is 1. The average molecular weight is 446 g/mol. The topological polar surface area (TPSA) is 130 Å². The van der Waals surface area contributed by atoms with E-state index in [1.54, 1.807) is 0 Å². The number of amides is 1. The molecule has 1 fully saturated rings. The van der Waals surface area contributed by atoms with E-state index in [1.165, 1.54) is 22.8 Å². The van der Waals surface area contributed by atoms with E-state index in [0.717, 1.165) is 17.4 Å². The standard InChI is InChI=1S/C21H27FN6O4/c1-21(2,3)16(17-25-26-18(23)32-17)24-19(29)28-14-5-4-13(22)10-15(14)27(20(28)30)11-12-6-8-31-9-7-12/h4-5,10,12,16H,6-9,11H2,1-3H3,(H2,23,26)(H,24,29). The molecule has 1 amide bonds. The number of halogens is 1. The third-order valence-corrected chi connectivity index (χ3v) is 5.71. The lowest BCUT2D eigenvalue weighted by atomic mass is 9.86. The van der Waals surface area contributed by atoms with Crippen LogP contribution in [0.3, 0.4) is 0 Å². The number of ether oxygens (including phenoxy) is 1. The molecule has 32 heavy (non-hydrogen) atoms. The van der Waals surface area contributed by atoms with Crippen molar-refractivity contribution in [3.8, 4) is 0 Å². The Kier molecular flexibility index (Phi) is 5.76. The molecule has 1 aliphatic rings. The van der Waals surface area contributed by atoms with Crippen molar-refractivity contribution in [1.82, 2.24) is 24.6 Å². The second kappa shape index (κ2) is 8.38. The summed E-state index contributed by atoms with van der Waals surface area (Å²) in [5, 5.41) is 10.4. The monoisotopic (exact) mass is 446 g/mol. The van der Waals surface area contributed by atoms with Crippen molar-refractivity contribution in [2.24, 2.45) is 11.3 Å². The van der Waals surface area contributed by atoms with E-state index in [4.69, 9.17) is 14.9 Å². The molecule has 0 bridgehead atoms. The Morgan fingerprint density at radius 2 is 2.00 bits per heavy atom. The van der Waals surface area contributed by atoms with Crippen molar-refractivity contribution in [3.63, 3.8) is 0 Å². The van der Waals surface area contributed by atoms with Crippen LogP contribution in [0.15, 0.2) is 27.4 Å². The van der Waals surface area contributed by atoms with Gasteiger partial charge in [0.1, 0.15) is 11.9 Å². The molecule has 1 saturated heterocycles. The van der Waals surface area contributed by atoms with Gasteiger partial charge in [0.15, 0.2) is 0 Å². The summed E-state index contributed by atoms with van der Waals surface area (Å²) in [5.41, 5.74) is 5.18. The van der Waals surface area contributed by atoms with Crippen molar-refractivity contribution in [1.29, 1.82) is 0 Å². The van der Waals surface area contributed by atoms with Gasteiger partial charge in [-0.3, -0.25) is 4.57 Å². The maximum absolute atomic E-state index is 14.0. The third-order valence-electron chi connectivity index (χ3n) is 5.71. The summed E-state index contributed by atoms with van der Waals surface area (Å²) in [6.45, 7) is 7.26. The SMILES string of the molecule is CC(C)(C)C(NC(=O)n1c(=O)n(CC2CCOCC2)c2cc(F)ccc21)c1nnc(N)o1. The highest BCUT2D eigenvalue weighted by Crippen LogP contribution is 2.32. The fourth-order valence-electron chi connectivity index (χ4n) is 3.99. The Morgan fingerprint density at radius 1 is 1.28 bits per heavy atom. The van der Waals surface area contributed by atoms with E-state index >= 15 is 0 Å². The predicted molar refractivity (Wildman–Crippen MR) is 115 cm³/mol. The first-order valence-electron chi connectivity index (χ1n) is 10.5. The van der Waals surface area contributed by atoms with E-state index in [0.29, 0.717) is 30.8 Å². The van der Waals surface area contributed by atoms with Gasteiger partial charge in [-0.05, 0) is 42.4 Å². The second-order valence-electron chi connectivity index (χ2n) is 9.14. The van der Waals surface area contributed by atoms with Crippen molar-refractivity contribution < 1.29 is 18.3 Å². The Labute approximate surface area is 183 Å². The van der Waals surface area contributed by atoms with Gasteiger partial charge in [-0.2, -0.15) is 0 Å². The summed E-state index contributed by atoms with van der Waals surface area (Å²) >= 11 is 0. The van der Waals surface area contributed by atoms with Crippen LogP contribution >= 0.6 is 0 Å². The van der Waals surface area contributed by atoms with Gasteiger partial charge in [-0.15, -0.1) is 5.10 Å². The molecule has 2 aromatic heterocycles. The quantitative estimate of drug-likeness (QED) is 0.630. The number of carbonyl (C=O) groups is 1. The lowest BCUT2D eigenvalue weighted by Crippen LogP contribution is -2.43. The van der Waals surface area contributed by atoms with Gasteiger partial charge >= 0.3 is 17.7 Å². The number of hydrogen-bond donors (Lipinski definition) is 2. The van der Waals surface area contributed by atoms with Gasteiger partial charge < -0.3 is 20.2 Å². The van der Waals surface area contributed by atoms with E-state index in [1.807, 2.05) is 20.8 Å². The molecule has 172 valence electrons. The molecule has 3 aromatic rings. The first-order chi connectivity index (χ1) is 15.1. The number of anilines is 1. The molecule has 1 atom stereocenters. The molecule has 1 unspecified atom stereocenters. The molecule has 0 radical (unpaired) electrons. The van der Waals surface area contributed by atoms with E-state index in [-0.39, 0.29) is 17.8 Å². The Morgan fingerprint density at radius 3 is 2.62 bits per heavy atom. The highest BCUT2D eigenvalue weighted by atomic mass is 19.1. The molecule has 11 heteroatoms. The predicted octanol–water partition coefficient (Wildman–Crippen LogP) is 2.68. The largest absolute Gasteiger partial charge is 0.406 e. The van der Waals surface area contributed by atoms with Crippen LogP contribution in [0.1, 0.15) is 45.5 Å². The number of benzene rings is 1. The zero-order chi connectivity index (χ0) is 23.0. The minimum absolute atomic E-state index is 0.121. The maximum atomic E-state index is 14.0. The average Bonchev–Trinajstić information content (AvgIpc) is 3.27. The minimum Gasteiger partial charge on any atom is -0.406 e. The first-order valence-corrected chi connectivity index (χ1v) is 10.5. The molecule has 1 aromatic carbocycles. The van der Waals surface area contributed by atoms with Crippen LogP contribution in [0.2, 0.25) is 0 Å². The van der Waals surface area contributed by atoms with E-state index in [9.17, 15) is 14.0 Å². The summed E-state index contributed by atoms with van der Waals surface area (Å²) in [6, 6.07) is 2.44. The van der Waals surface area contributed by atoms with Crippen LogP contribution in [0.25, 0.3) is 11.0 Å². The lowest BCUT2D eigenvalue weighted by molar-refractivity contribution is 0.0613. The Bertz CT molecular complexity index is 1190. The first kappa shape index (κ1) is 22.0. The zero-order valence-corrected chi connectivity index (χ0v) is 18.3. The number of rotatable bonds is 4. The molecule has 0 saturated carbocycles. The van der Waals surface area contributed by atoms with Crippen LogP contribution < -0.4 is 16.7 Å². The van der Waals surface area contributed by atoms with Crippen LogP contribution in [0.4, 0.5) is 15.2 Å².